The van der Waals surface area contributed by atoms with Crippen molar-refractivity contribution in [2.75, 3.05) is 0 Å². The van der Waals surface area contributed by atoms with Crippen LogP contribution in [0.15, 0.2) is 0 Å². The Kier molecular flexibility index (Phi) is 92.1. The predicted molar refractivity (Wildman–Crippen MR) is 146 cm³/mol. The first-order valence-electron chi connectivity index (χ1n) is 13.2. The maximum Gasteiger partial charge on any atom is -0.0347 e. The summed E-state index contributed by atoms with van der Waals surface area (Å²) in [4.78, 5) is 0. The van der Waals surface area contributed by atoms with E-state index in [-0.39, 0.29) is 0 Å². The van der Waals surface area contributed by atoms with Crippen LogP contribution in [0.2, 0.25) is 0 Å². The molecule has 0 unspecified atom stereocenters. The van der Waals surface area contributed by atoms with Gasteiger partial charge in [-0.3, -0.25) is 0 Å². The lowest BCUT2D eigenvalue weighted by atomic mass is 9.62. The van der Waals surface area contributed by atoms with E-state index in [1.165, 1.54) is 25.7 Å². The van der Waals surface area contributed by atoms with Crippen LogP contribution in [0.4, 0.5) is 0 Å². The van der Waals surface area contributed by atoms with Crippen LogP contribution < -0.4 is 0 Å². The Hall–Kier alpha value is 0. The second kappa shape index (κ2) is 50.6. The van der Waals surface area contributed by atoms with Gasteiger partial charge in [-0.1, -0.05) is 152 Å². The first-order chi connectivity index (χ1) is 13.2. The SMILES string of the molecule is CC.CC.CC.CC.CC.CC.CC.CC1CC(C)(C)CC(C)(C)C1.CCC. The van der Waals surface area contributed by atoms with Gasteiger partial charge in [-0.15, -0.1) is 0 Å². The Morgan fingerprint density at radius 1 is 0.500 bits per heavy atom. The van der Waals surface area contributed by atoms with E-state index in [1.807, 2.05) is 96.9 Å². The molecule has 1 saturated carbocycles. The second-order valence-electron chi connectivity index (χ2n) is 6.73. The van der Waals surface area contributed by atoms with Crippen LogP contribution in [0.25, 0.3) is 0 Å². The van der Waals surface area contributed by atoms with Gasteiger partial charge in [-0.25, -0.2) is 0 Å². The number of rotatable bonds is 0. The Labute approximate surface area is 188 Å². The van der Waals surface area contributed by atoms with Crippen molar-refractivity contribution in [1.29, 1.82) is 0 Å². The highest BCUT2D eigenvalue weighted by molar-refractivity contribution is 4.87. The molecule has 28 heavy (non-hydrogen) atoms. The zero-order valence-corrected chi connectivity index (χ0v) is 25.4. The molecule has 0 bridgehead atoms. The Bertz CT molecular complexity index is 137. The average molecular weight is 409 g/mol. The van der Waals surface area contributed by atoms with Gasteiger partial charge in [0.05, 0.1) is 0 Å². The minimum atomic E-state index is 0.584. The number of hydrogen-bond acceptors (Lipinski definition) is 0. The molecule has 0 aromatic heterocycles. The lowest BCUT2D eigenvalue weighted by Crippen LogP contribution is -2.32. The zero-order chi connectivity index (χ0) is 25.4. The summed E-state index contributed by atoms with van der Waals surface area (Å²) in [6, 6.07) is 0. The summed E-state index contributed by atoms with van der Waals surface area (Å²) in [5.74, 6) is 0.925. The molecule has 1 aliphatic carbocycles. The van der Waals surface area contributed by atoms with Crippen molar-refractivity contribution < 1.29 is 0 Å². The van der Waals surface area contributed by atoms with Crippen LogP contribution in [-0.4, -0.2) is 0 Å². The van der Waals surface area contributed by atoms with Crippen molar-refractivity contribution in [2.45, 2.75) is 171 Å². The second-order valence-corrected chi connectivity index (χ2v) is 6.73. The summed E-state index contributed by atoms with van der Waals surface area (Å²) >= 11 is 0. The minimum absolute atomic E-state index is 0.584. The maximum atomic E-state index is 2.41. The molecule has 0 nitrogen and oxygen atoms in total. The van der Waals surface area contributed by atoms with Gasteiger partial charge in [0.1, 0.15) is 0 Å². The fourth-order valence-corrected chi connectivity index (χ4v) is 3.40. The summed E-state index contributed by atoms with van der Waals surface area (Å²) in [7, 11) is 0. The van der Waals surface area contributed by atoms with Crippen molar-refractivity contribution in [3.8, 4) is 0 Å². The number of hydrogen-bond donors (Lipinski definition) is 0. The molecular weight excluding hydrogens is 336 g/mol. The topological polar surface area (TPSA) is 0 Å². The van der Waals surface area contributed by atoms with E-state index in [0.717, 1.165) is 5.92 Å². The van der Waals surface area contributed by atoms with Crippen LogP contribution in [0.3, 0.4) is 0 Å². The monoisotopic (exact) mass is 409 g/mol. The van der Waals surface area contributed by atoms with E-state index >= 15 is 0 Å². The maximum absolute atomic E-state index is 2.41. The molecule has 1 aliphatic rings. The van der Waals surface area contributed by atoms with Crippen LogP contribution in [0.1, 0.15) is 171 Å². The third kappa shape index (κ3) is 63.5. The third-order valence-electron chi connectivity index (χ3n) is 2.76. The highest BCUT2D eigenvalue weighted by atomic mass is 14.4. The van der Waals surface area contributed by atoms with Crippen LogP contribution in [0.5, 0.6) is 0 Å². The standard InChI is InChI=1S/C11H22.C3H8.7C2H6/c1-9-6-10(2,3)8-11(4,5)7-9;1-3-2;7*1-2/h9H,6-8H2,1-5H3;3H2,1-2H3;7*1-2H3. The lowest BCUT2D eigenvalue weighted by molar-refractivity contribution is 0.0754. The predicted octanol–water partition coefficient (Wildman–Crippen LogP) is 12.5. The summed E-state index contributed by atoms with van der Waals surface area (Å²) in [6.45, 7) is 44.3. The molecule has 0 atom stereocenters. The molecule has 0 heteroatoms. The third-order valence-corrected chi connectivity index (χ3v) is 2.76. The molecule has 0 aromatic carbocycles. The molecule has 0 heterocycles. The van der Waals surface area contributed by atoms with Crippen LogP contribution >= 0.6 is 0 Å². The first kappa shape index (κ1) is 51.0. The highest BCUT2D eigenvalue weighted by Crippen LogP contribution is 2.47. The minimum Gasteiger partial charge on any atom is -0.0683 e. The lowest BCUT2D eigenvalue weighted by Gasteiger charge is -2.44. The van der Waals surface area contributed by atoms with Crippen molar-refractivity contribution >= 4 is 0 Å². The largest absolute Gasteiger partial charge is 0.0683 e. The van der Waals surface area contributed by atoms with E-state index in [9.17, 15) is 0 Å². The molecule has 0 spiro atoms. The van der Waals surface area contributed by atoms with E-state index in [4.69, 9.17) is 0 Å². The molecule has 1 rings (SSSR count). The van der Waals surface area contributed by atoms with Gasteiger partial charge in [-0.2, -0.15) is 0 Å². The highest BCUT2D eigenvalue weighted by Gasteiger charge is 2.36. The first-order valence-corrected chi connectivity index (χ1v) is 13.2. The molecule has 0 aliphatic heterocycles. The van der Waals surface area contributed by atoms with E-state index in [2.05, 4.69) is 48.5 Å². The van der Waals surface area contributed by atoms with Crippen molar-refractivity contribution in [3.05, 3.63) is 0 Å². The molecule has 0 radical (unpaired) electrons. The van der Waals surface area contributed by atoms with Crippen LogP contribution in [-0.2, 0) is 0 Å². The van der Waals surface area contributed by atoms with Gasteiger partial charge in [0.25, 0.3) is 0 Å². The quantitative estimate of drug-likeness (QED) is 0.373. The molecule has 1 fully saturated rings. The van der Waals surface area contributed by atoms with Gasteiger partial charge in [0.15, 0.2) is 0 Å². The van der Waals surface area contributed by atoms with E-state index < -0.39 is 0 Å². The summed E-state index contributed by atoms with van der Waals surface area (Å²) in [5.41, 5.74) is 1.17. The molecule has 0 amide bonds. The van der Waals surface area contributed by atoms with Crippen LogP contribution in [0, 0.1) is 16.7 Å². The van der Waals surface area contributed by atoms with Crippen molar-refractivity contribution in [1.82, 2.24) is 0 Å². The van der Waals surface area contributed by atoms with Gasteiger partial charge in [0.2, 0.25) is 0 Å². The average Bonchev–Trinajstić information content (AvgIpc) is 2.71. The van der Waals surface area contributed by atoms with Gasteiger partial charge < -0.3 is 0 Å². The molecular formula is C28H72. The molecule has 184 valence electrons. The summed E-state index contributed by atoms with van der Waals surface area (Å²) < 4.78 is 0. The van der Waals surface area contributed by atoms with Gasteiger partial charge in [-0.05, 0) is 36.0 Å². The Morgan fingerprint density at radius 2 is 0.643 bits per heavy atom. The van der Waals surface area contributed by atoms with Crippen molar-refractivity contribution in [3.63, 3.8) is 0 Å². The fraction of sp³-hybridized carbons (Fsp3) is 1.00. The summed E-state index contributed by atoms with van der Waals surface area (Å²) in [6.07, 6.45) is 5.47. The summed E-state index contributed by atoms with van der Waals surface area (Å²) in [5, 5.41) is 0. The van der Waals surface area contributed by atoms with Gasteiger partial charge >= 0.3 is 0 Å². The van der Waals surface area contributed by atoms with Crippen molar-refractivity contribution in [2.24, 2.45) is 16.7 Å². The zero-order valence-electron chi connectivity index (χ0n) is 25.4. The Morgan fingerprint density at radius 3 is 0.750 bits per heavy atom. The molecule has 0 aromatic rings. The fourth-order valence-electron chi connectivity index (χ4n) is 3.40. The Balaban J connectivity index is -0.0000000332. The van der Waals surface area contributed by atoms with Gasteiger partial charge in [0, 0.05) is 0 Å². The smallest absolute Gasteiger partial charge is 0.0347 e. The normalized spacial score (nSPS) is 14.0. The van der Waals surface area contributed by atoms with E-state index in [0.29, 0.717) is 10.8 Å². The van der Waals surface area contributed by atoms with E-state index in [1.54, 1.807) is 0 Å². The molecule has 0 saturated heterocycles. The molecule has 0 N–H and O–H groups in total.